The van der Waals surface area contributed by atoms with E-state index in [1.807, 2.05) is 13.8 Å². The first-order chi connectivity index (χ1) is 6.16. The van der Waals surface area contributed by atoms with Gasteiger partial charge in [-0.05, 0) is 12.3 Å². The highest BCUT2D eigenvalue weighted by molar-refractivity contribution is 6.03. The van der Waals surface area contributed by atoms with Crippen LogP contribution in [0.15, 0.2) is 12.4 Å². The van der Waals surface area contributed by atoms with Crippen LogP contribution >= 0.6 is 0 Å². The Bertz CT molecular complexity index is 313. The van der Waals surface area contributed by atoms with Crippen molar-refractivity contribution in [2.24, 2.45) is 5.92 Å². The molecular weight excluding hydrogens is 164 g/mol. The summed E-state index contributed by atoms with van der Waals surface area (Å²) in [4.78, 5) is 0. The van der Waals surface area contributed by atoms with Gasteiger partial charge < -0.3 is 11.1 Å². The van der Waals surface area contributed by atoms with Gasteiger partial charge in [-0.1, -0.05) is 13.8 Å². The van der Waals surface area contributed by atoms with Crippen LogP contribution in [0.5, 0.6) is 0 Å². The number of nitrogens with two attached hydrogens (primary N) is 1. The monoisotopic (exact) mass is 180 g/mol. The van der Waals surface area contributed by atoms with Crippen LogP contribution in [0.4, 0.5) is 5.69 Å². The fourth-order valence-corrected chi connectivity index (χ4v) is 1.03. The molecule has 0 aliphatic rings. The molecule has 0 aromatic carbocycles. The van der Waals surface area contributed by atoms with Crippen molar-refractivity contribution in [2.45, 2.75) is 20.3 Å². The third kappa shape index (κ3) is 2.02. The first-order valence-corrected chi connectivity index (χ1v) is 4.31. The number of hydrogen-bond acceptors (Lipinski definition) is 4. The van der Waals surface area contributed by atoms with Crippen LogP contribution < -0.4 is 5.73 Å². The third-order valence-electron chi connectivity index (χ3n) is 2.16. The van der Waals surface area contributed by atoms with Crippen LogP contribution in [0, 0.1) is 11.3 Å². The average molecular weight is 180 g/mol. The van der Waals surface area contributed by atoms with Crippen molar-refractivity contribution in [3.8, 4) is 0 Å². The molecule has 0 aliphatic heterocycles. The summed E-state index contributed by atoms with van der Waals surface area (Å²) in [6.07, 6.45) is 3.96. The molecule has 1 rings (SSSR count). The molecule has 4 heteroatoms. The molecule has 0 saturated carbocycles. The van der Waals surface area contributed by atoms with Crippen molar-refractivity contribution in [3.05, 3.63) is 18.0 Å². The summed E-state index contributed by atoms with van der Waals surface area (Å²) in [5.74, 6) is 0.214. The lowest BCUT2D eigenvalue weighted by Crippen LogP contribution is -2.13. The average Bonchev–Trinajstić information content (AvgIpc) is 2.16. The molecule has 0 aliphatic carbocycles. The van der Waals surface area contributed by atoms with Gasteiger partial charge in [0.15, 0.2) is 0 Å². The molecule has 0 spiro atoms. The number of aromatic nitrogens is 2. The van der Waals surface area contributed by atoms with E-state index in [1.165, 1.54) is 6.20 Å². The van der Waals surface area contributed by atoms with Crippen molar-refractivity contribution in [1.82, 2.24) is 10.2 Å². The van der Waals surface area contributed by atoms with Gasteiger partial charge in [0.2, 0.25) is 0 Å². The number of nitrogens with zero attached hydrogens (tertiary/aromatic N) is 2. The molecule has 1 atom stereocenters. The second kappa shape index (κ2) is 3.98. The van der Waals surface area contributed by atoms with Crippen LogP contribution in [0.2, 0.25) is 0 Å². The van der Waals surface area contributed by atoms with Crippen LogP contribution in [0.1, 0.15) is 27.3 Å². The summed E-state index contributed by atoms with van der Waals surface area (Å²) in [7, 11) is 0. The zero-order valence-corrected chi connectivity index (χ0v) is 7.91. The highest BCUT2D eigenvalue weighted by Gasteiger charge is 2.11. The molecule has 4 nitrogen and oxygen atoms in total. The molecule has 1 aromatic rings. The Morgan fingerprint density at radius 3 is 2.77 bits per heavy atom. The van der Waals surface area contributed by atoms with Gasteiger partial charge in [-0.3, -0.25) is 0 Å². The van der Waals surface area contributed by atoms with E-state index in [1.54, 1.807) is 6.20 Å². The Labute approximate surface area is 79.2 Å². The predicted octanol–water partition coefficient (Wildman–Crippen LogP) is 1.72. The van der Waals surface area contributed by atoms with Crippen LogP contribution in [-0.4, -0.2) is 15.9 Å². The van der Waals surface area contributed by atoms with Crippen molar-refractivity contribution in [2.75, 3.05) is 5.73 Å². The van der Waals surface area contributed by atoms with Crippen LogP contribution in [0.25, 0.3) is 0 Å². The van der Waals surface area contributed by atoms with Crippen molar-refractivity contribution in [1.29, 1.82) is 5.41 Å². The second-order valence-corrected chi connectivity index (χ2v) is 3.08. The predicted molar refractivity (Wildman–Crippen MR) is 54.8 cm³/mol. The smallest absolute Gasteiger partial charge is 0.0732 e. The summed E-state index contributed by atoms with van der Waals surface area (Å²) in [5.41, 5.74) is 7.43. The molecule has 72 valence electrons. The quantitative estimate of drug-likeness (QED) is 0.695. The van der Waals surface area contributed by atoms with Crippen LogP contribution in [-0.2, 0) is 0 Å². The summed E-state index contributed by atoms with van der Waals surface area (Å²) in [6, 6.07) is 0. The largest absolute Gasteiger partial charge is 0.397 e. The van der Waals surface area contributed by atoms with Gasteiger partial charge in [0, 0.05) is 12.7 Å². The number of nitrogens with one attached hydrogen (secondary N) is 1. The fourth-order valence-electron chi connectivity index (χ4n) is 1.03. The van der Waals surface area contributed by atoms with Gasteiger partial charge in [-0.15, -0.1) is 0 Å². The van der Waals surface area contributed by atoms with E-state index in [9.17, 15) is 0 Å². The normalized spacial score (nSPS) is 12.5. The Morgan fingerprint density at radius 2 is 2.23 bits per heavy atom. The van der Waals surface area contributed by atoms with Gasteiger partial charge in [-0.25, -0.2) is 0 Å². The summed E-state index contributed by atoms with van der Waals surface area (Å²) >= 11 is 0. The highest BCUT2D eigenvalue weighted by Crippen LogP contribution is 2.15. The number of anilines is 1. The molecular formula is C9H16N4. The van der Waals surface area contributed by atoms with Gasteiger partial charge in [-0.2, -0.15) is 10.2 Å². The molecule has 0 saturated heterocycles. The molecule has 1 aromatic heterocycles. The molecule has 0 fully saturated rings. The van der Waals surface area contributed by atoms with E-state index in [2.05, 4.69) is 10.2 Å². The third-order valence-corrected chi connectivity index (χ3v) is 2.16. The van der Waals surface area contributed by atoms with E-state index in [4.69, 9.17) is 11.1 Å². The van der Waals surface area contributed by atoms with Gasteiger partial charge >= 0.3 is 0 Å². The molecule has 1 heterocycles. The Morgan fingerprint density at radius 1 is 1.62 bits per heavy atom. The minimum absolute atomic E-state index is 0. The van der Waals surface area contributed by atoms with E-state index >= 15 is 0 Å². The highest BCUT2D eigenvalue weighted by atomic mass is 15.1. The van der Waals surface area contributed by atoms with Crippen molar-refractivity contribution in [3.63, 3.8) is 0 Å². The minimum Gasteiger partial charge on any atom is -0.397 e. The molecule has 1 unspecified atom stereocenters. The maximum absolute atomic E-state index is 7.83. The summed E-state index contributed by atoms with van der Waals surface area (Å²) in [5, 5.41) is 15.2. The number of nitrogen functional groups attached to an aromatic ring is 1. The summed E-state index contributed by atoms with van der Waals surface area (Å²) < 4.78 is 0. The van der Waals surface area contributed by atoms with Gasteiger partial charge in [0.05, 0.1) is 18.1 Å². The maximum Gasteiger partial charge on any atom is 0.0732 e. The first kappa shape index (κ1) is 9.64. The van der Waals surface area contributed by atoms with Gasteiger partial charge in [0.25, 0.3) is 0 Å². The lowest BCUT2D eigenvalue weighted by Gasteiger charge is -2.11. The maximum atomic E-state index is 7.83. The number of rotatable bonds is 3. The number of hydrogen-bond donors (Lipinski definition) is 2. The topological polar surface area (TPSA) is 75.7 Å². The Kier molecular flexibility index (Phi) is 2.95. The molecule has 3 N–H and O–H groups in total. The standard InChI is InChI=1S/C9H14N4.H2/c1-3-6(2)9(11)7-4-12-13-5-8(7)10;/h4-6,11H,3H2,1-2H3,(H2,10,12);1H. The Hall–Kier alpha value is -1.45. The van der Waals surface area contributed by atoms with Gasteiger partial charge in [0.1, 0.15) is 0 Å². The van der Waals surface area contributed by atoms with E-state index < -0.39 is 0 Å². The molecule has 0 amide bonds. The van der Waals surface area contributed by atoms with E-state index in [0.717, 1.165) is 6.42 Å². The molecule has 13 heavy (non-hydrogen) atoms. The zero-order chi connectivity index (χ0) is 9.84. The molecule has 0 radical (unpaired) electrons. The second-order valence-electron chi connectivity index (χ2n) is 3.08. The lowest BCUT2D eigenvalue weighted by molar-refractivity contribution is 0.735. The lowest BCUT2D eigenvalue weighted by atomic mass is 9.97. The van der Waals surface area contributed by atoms with E-state index in [-0.39, 0.29) is 7.34 Å². The minimum atomic E-state index is 0. The first-order valence-electron chi connectivity index (χ1n) is 4.31. The Balaban J connectivity index is 0.00000169. The molecule has 0 bridgehead atoms. The SMILES string of the molecule is CCC(C)C(=N)c1cnncc1N.[HH]. The van der Waals surface area contributed by atoms with Crippen molar-refractivity contribution < 1.29 is 1.43 Å². The van der Waals surface area contributed by atoms with Crippen LogP contribution in [0.3, 0.4) is 0 Å². The summed E-state index contributed by atoms with van der Waals surface area (Å²) in [6.45, 7) is 4.05. The van der Waals surface area contributed by atoms with Crippen molar-refractivity contribution >= 4 is 11.4 Å². The zero-order valence-electron chi connectivity index (χ0n) is 7.91. The fraction of sp³-hybridized carbons (Fsp3) is 0.444. The van der Waals surface area contributed by atoms with E-state index in [0.29, 0.717) is 17.0 Å².